The Morgan fingerprint density at radius 1 is 1.40 bits per heavy atom. The number of pyridine rings is 1. The molecule has 0 aliphatic carbocycles. The summed E-state index contributed by atoms with van der Waals surface area (Å²) in [4.78, 5) is 7.59. The Kier molecular flexibility index (Phi) is 6.56. The monoisotopic (exact) mass is 293 g/mol. The molecule has 0 fully saturated rings. The van der Waals surface area contributed by atoms with Gasteiger partial charge in [0.1, 0.15) is 0 Å². The molecule has 0 atom stereocenters. The Labute approximate surface area is 128 Å². The molecule has 1 heterocycles. The maximum absolute atomic E-state index is 5.77. The van der Waals surface area contributed by atoms with Crippen molar-refractivity contribution in [3.63, 3.8) is 0 Å². The zero-order valence-electron chi connectivity index (χ0n) is 13.1. The summed E-state index contributed by atoms with van der Waals surface area (Å²) < 4.78 is 0. The molecule has 0 unspecified atom stereocenters. The average molecular weight is 293 g/mol. The lowest BCUT2D eigenvalue weighted by atomic mass is 9.88. The second kappa shape index (κ2) is 7.70. The van der Waals surface area contributed by atoms with Crippen LogP contribution in [0.15, 0.2) is 18.2 Å². The summed E-state index contributed by atoms with van der Waals surface area (Å²) in [5, 5.41) is 0. The van der Waals surface area contributed by atoms with Crippen LogP contribution < -0.4 is 5.73 Å². The first kappa shape index (κ1) is 17.1. The zero-order valence-corrected chi connectivity index (χ0v) is 14.0. The number of nitrogens with zero attached hydrogens (tertiary/aromatic N) is 2. The van der Waals surface area contributed by atoms with Crippen LogP contribution in [0.4, 0.5) is 0 Å². The molecule has 0 bridgehead atoms. The molecule has 3 nitrogen and oxygen atoms in total. The summed E-state index contributed by atoms with van der Waals surface area (Å²) in [6.07, 6.45) is 2.13. The molecule has 0 aliphatic rings. The number of hydrogen-bond donors (Lipinski definition) is 1. The third-order valence-electron chi connectivity index (χ3n) is 3.72. The van der Waals surface area contributed by atoms with E-state index in [0.29, 0.717) is 4.99 Å². The van der Waals surface area contributed by atoms with E-state index in [1.54, 1.807) is 0 Å². The molecular formula is C16H27N3S. The van der Waals surface area contributed by atoms with Crippen LogP contribution in [-0.4, -0.2) is 28.0 Å². The van der Waals surface area contributed by atoms with Crippen LogP contribution in [0.1, 0.15) is 45.0 Å². The van der Waals surface area contributed by atoms with Crippen LogP contribution >= 0.6 is 12.2 Å². The van der Waals surface area contributed by atoms with Crippen LogP contribution in [-0.2, 0) is 6.54 Å². The van der Waals surface area contributed by atoms with E-state index in [1.807, 2.05) is 13.0 Å². The fourth-order valence-electron chi connectivity index (χ4n) is 2.13. The Hall–Kier alpha value is -1.00. The van der Waals surface area contributed by atoms with Crippen LogP contribution in [0.25, 0.3) is 0 Å². The summed E-state index contributed by atoms with van der Waals surface area (Å²) in [6.45, 7) is 11.5. The topological polar surface area (TPSA) is 42.1 Å². The van der Waals surface area contributed by atoms with Gasteiger partial charge in [0, 0.05) is 17.7 Å². The SMILES string of the molecule is CCN(CCCC(C)(C)C(N)=S)Cc1cccc(C)n1. The van der Waals surface area contributed by atoms with E-state index >= 15 is 0 Å². The summed E-state index contributed by atoms with van der Waals surface area (Å²) in [5.74, 6) is 0. The van der Waals surface area contributed by atoms with Gasteiger partial charge in [-0.05, 0) is 45.0 Å². The Balaban J connectivity index is 2.46. The summed E-state index contributed by atoms with van der Waals surface area (Å²) >= 11 is 5.11. The molecule has 1 rings (SSSR count). The second-order valence-electron chi connectivity index (χ2n) is 5.99. The number of aromatic nitrogens is 1. The van der Waals surface area contributed by atoms with Gasteiger partial charge >= 0.3 is 0 Å². The number of thiocarbonyl (C=S) groups is 1. The third-order valence-corrected chi connectivity index (χ3v) is 4.27. The average Bonchev–Trinajstić information content (AvgIpc) is 2.37. The quantitative estimate of drug-likeness (QED) is 0.747. The van der Waals surface area contributed by atoms with Gasteiger partial charge in [-0.25, -0.2) is 0 Å². The van der Waals surface area contributed by atoms with Crippen molar-refractivity contribution in [2.45, 2.75) is 47.1 Å². The van der Waals surface area contributed by atoms with Crippen LogP contribution in [0.3, 0.4) is 0 Å². The van der Waals surface area contributed by atoms with Crippen molar-refractivity contribution in [1.82, 2.24) is 9.88 Å². The predicted octanol–water partition coefficient (Wildman–Crippen LogP) is 3.30. The highest BCUT2D eigenvalue weighted by molar-refractivity contribution is 7.80. The Bertz CT molecular complexity index is 443. The Morgan fingerprint density at radius 3 is 2.65 bits per heavy atom. The molecule has 4 heteroatoms. The fourth-order valence-corrected chi connectivity index (χ4v) is 2.24. The summed E-state index contributed by atoms with van der Waals surface area (Å²) in [5.41, 5.74) is 7.94. The minimum atomic E-state index is -0.0453. The number of hydrogen-bond acceptors (Lipinski definition) is 3. The fraction of sp³-hybridized carbons (Fsp3) is 0.625. The second-order valence-corrected chi connectivity index (χ2v) is 6.43. The lowest BCUT2D eigenvalue weighted by molar-refractivity contribution is 0.259. The maximum Gasteiger partial charge on any atom is 0.0784 e. The van der Waals surface area contributed by atoms with Crippen molar-refractivity contribution in [3.8, 4) is 0 Å². The third kappa shape index (κ3) is 5.55. The van der Waals surface area contributed by atoms with Gasteiger partial charge in [0.05, 0.1) is 10.7 Å². The van der Waals surface area contributed by atoms with Gasteiger partial charge in [-0.3, -0.25) is 9.88 Å². The molecule has 2 N–H and O–H groups in total. The number of rotatable bonds is 8. The smallest absolute Gasteiger partial charge is 0.0784 e. The largest absolute Gasteiger partial charge is 0.393 e. The maximum atomic E-state index is 5.77. The van der Waals surface area contributed by atoms with Crippen molar-refractivity contribution in [1.29, 1.82) is 0 Å². The molecular weight excluding hydrogens is 266 g/mol. The van der Waals surface area contributed by atoms with Crippen molar-refractivity contribution in [2.75, 3.05) is 13.1 Å². The van der Waals surface area contributed by atoms with Crippen LogP contribution in [0.5, 0.6) is 0 Å². The van der Waals surface area contributed by atoms with E-state index in [1.165, 1.54) is 0 Å². The van der Waals surface area contributed by atoms with Gasteiger partial charge in [-0.1, -0.05) is 39.1 Å². The van der Waals surface area contributed by atoms with E-state index in [-0.39, 0.29) is 5.41 Å². The first-order chi connectivity index (χ1) is 9.35. The van der Waals surface area contributed by atoms with Crippen molar-refractivity contribution >= 4 is 17.2 Å². The molecule has 0 aliphatic heterocycles. The number of nitrogens with two attached hydrogens (primary N) is 1. The van der Waals surface area contributed by atoms with Gasteiger partial charge in [-0.2, -0.15) is 0 Å². The molecule has 0 aromatic carbocycles. The van der Waals surface area contributed by atoms with E-state index < -0.39 is 0 Å². The van der Waals surface area contributed by atoms with E-state index in [2.05, 4.69) is 42.8 Å². The summed E-state index contributed by atoms with van der Waals surface area (Å²) in [6, 6.07) is 6.20. The predicted molar refractivity (Wildman–Crippen MR) is 89.7 cm³/mol. The highest BCUT2D eigenvalue weighted by atomic mass is 32.1. The van der Waals surface area contributed by atoms with Crippen LogP contribution in [0, 0.1) is 12.3 Å². The standard InChI is InChI=1S/C16H27N3S/c1-5-19(11-7-10-16(3,4)15(17)20)12-14-9-6-8-13(2)18-14/h6,8-9H,5,7,10-12H2,1-4H3,(H2,17,20). The van der Waals surface area contributed by atoms with Crippen LogP contribution in [0.2, 0.25) is 0 Å². The molecule has 0 saturated carbocycles. The molecule has 0 saturated heterocycles. The minimum Gasteiger partial charge on any atom is -0.393 e. The van der Waals surface area contributed by atoms with E-state index in [9.17, 15) is 0 Å². The molecule has 1 aromatic rings. The number of aryl methyl sites for hydroxylation is 1. The highest BCUT2D eigenvalue weighted by Crippen LogP contribution is 2.22. The van der Waals surface area contributed by atoms with Gasteiger partial charge in [0.15, 0.2) is 0 Å². The van der Waals surface area contributed by atoms with Gasteiger partial charge < -0.3 is 5.73 Å². The zero-order chi connectivity index (χ0) is 15.2. The molecule has 0 radical (unpaired) electrons. The molecule has 1 aromatic heterocycles. The normalized spacial score (nSPS) is 11.8. The van der Waals surface area contributed by atoms with E-state index in [4.69, 9.17) is 18.0 Å². The lowest BCUT2D eigenvalue weighted by Crippen LogP contribution is -2.31. The first-order valence-electron chi connectivity index (χ1n) is 7.30. The van der Waals surface area contributed by atoms with Gasteiger partial charge in [0.2, 0.25) is 0 Å². The van der Waals surface area contributed by atoms with Gasteiger partial charge in [-0.15, -0.1) is 0 Å². The van der Waals surface area contributed by atoms with E-state index in [0.717, 1.165) is 43.9 Å². The lowest BCUT2D eigenvalue weighted by Gasteiger charge is -2.25. The molecule has 0 spiro atoms. The highest BCUT2D eigenvalue weighted by Gasteiger charge is 2.20. The summed E-state index contributed by atoms with van der Waals surface area (Å²) in [7, 11) is 0. The van der Waals surface area contributed by atoms with Crippen molar-refractivity contribution < 1.29 is 0 Å². The van der Waals surface area contributed by atoms with Gasteiger partial charge in [0.25, 0.3) is 0 Å². The Morgan fingerprint density at radius 2 is 2.10 bits per heavy atom. The van der Waals surface area contributed by atoms with Crippen molar-refractivity contribution in [3.05, 3.63) is 29.6 Å². The first-order valence-corrected chi connectivity index (χ1v) is 7.71. The molecule has 0 amide bonds. The van der Waals surface area contributed by atoms with Crippen molar-refractivity contribution in [2.24, 2.45) is 11.1 Å². The molecule has 20 heavy (non-hydrogen) atoms. The minimum absolute atomic E-state index is 0.0453. The molecule has 112 valence electrons.